The highest BCUT2D eigenvalue weighted by Crippen LogP contribution is 1.76. The second kappa shape index (κ2) is 20.5. The maximum Gasteiger partial charge on any atom is 0.312 e. The molecule has 0 heterocycles. The fourth-order valence-corrected chi connectivity index (χ4v) is 0.656. The quantitative estimate of drug-likeness (QED) is 0.542. The summed E-state index contributed by atoms with van der Waals surface area (Å²) in [5.74, 6) is 0. The molecule has 0 aliphatic carbocycles. The molecule has 0 radical (unpaired) electrons. The van der Waals surface area contributed by atoms with E-state index in [0.717, 1.165) is 25.9 Å². The molecule has 0 spiro atoms. The highest BCUT2D eigenvalue weighted by Gasteiger charge is 1.84. The minimum Gasteiger partial charge on any atom is -0.352 e. The van der Waals surface area contributed by atoms with Crippen molar-refractivity contribution in [1.82, 2.24) is 15.5 Å². The third kappa shape index (κ3) is 51.2. The molecule has 0 fully saturated rings. The van der Waals surface area contributed by atoms with Crippen molar-refractivity contribution in [2.24, 2.45) is 11.5 Å². The molecule has 0 rings (SSSR count). The molecule has 0 atom stereocenters. The van der Waals surface area contributed by atoms with E-state index in [-0.39, 0.29) is 0 Å². The molecule has 0 saturated carbocycles. The van der Waals surface area contributed by atoms with E-state index in [9.17, 15) is 4.79 Å². The van der Waals surface area contributed by atoms with Crippen LogP contribution in [0, 0.1) is 0 Å². The minimum absolute atomic E-state index is 0.443. The van der Waals surface area contributed by atoms with E-state index < -0.39 is 6.03 Å². The van der Waals surface area contributed by atoms with Gasteiger partial charge in [-0.1, -0.05) is 6.92 Å². The van der Waals surface area contributed by atoms with Crippen molar-refractivity contribution in [3.8, 4) is 0 Å². The molecule has 17 heavy (non-hydrogen) atoms. The fraction of sp³-hybridized carbons (Fsp3) is 0.909. The number of carbonyl (C=O) groups is 1. The van der Waals surface area contributed by atoms with Crippen LogP contribution in [0.4, 0.5) is 4.79 Å². The Balaban J connectivity index is -0.000000188. The van der Waals surface area contributed by atoms with E-state index in [4.69, 9.17) is 11.5 Å². The lowest BCUT2D eigenvalue weighted by Crippen LogP contribution is -2.29. The summed E-state index contributed by atoms with van der Waals surface area (Å²) < 4.78 is 0. The molecule has 0 aromatic heterocycles. The Morgan fingerprint density at radius 3 is 1.88 bits per heavy atom. The molecule has 0 aromatic carbocycles. The predicted octanol–water partition coefficient (Wildman–Crippen LogP) is -0.203. The second-order valence-corrected chi connectivity index (χ2v) is 3.74. The van der Waals surface area contributed by atoms with Gasteiger partial charge in [0.05, 0.1) is 0 Å². The molecule has 0 aliphatic heterocycles. The molecule has 6 N–H and O–H groups in total. The van der Waals surface area contributed by atoms with Gasteiger partial charge in [0.2, 0.25) is 0 Å². The van der Waals surface area contributed by atoms with E-state index in [1.54, 1.807) is 0 Å². The number of urea groups is 1. The number of hydrogen-bond acceptors (Lipinski definition) is 4. The SMILES string of the molecule is CCCNC(N)=O.CN(C)CCCN.CNC. The smallest absolute Gasteiger partial charge is 0.312 e. The first kappa shape index (κ1) is 21.4. The van der Waals surface area contributed by atoms with Crippen LogP contribution in [0.2, 0.25) is 0 Å². The summed E-state index contributed by atoms with van der Waals surface area (Å²) in [6.07, 6.45) is 2.04. The monoisotopic (exact) mass is 249 g/mol. The van der Waals surface area contributed by atoms with E-state index in [1.165, 1.54) is 0 Å². The zero-order chi connectivity index (χ0) is 14.1. The fourth-order valence-electron chi connectivity index (χ4n) is 0.656. The van der Waals surface area contributed by atoms with E-state index >= 15 is 0 Å². The van der Waals surface area contributed by atoms with Crippen LogP contribution in [0.5, 0.6) is 0 Å². The predicted molar refractivity (Wildman–Crippen MR) is 75.1 cm³/mol. The van der Waals surface area contributed by atoms with Crippen molar-refractivity contribution >= 4 is 6.03 Å². The van der Waals surface area contributed by atoms with Gasteiger partial charge in [-0.25, -0.2) is 4.79 Å². The third-order valence-electron chi connectivity index (χ3n) is 1.36. The van der Waals surface area contributed by atoms with Crippen LogP contribution in [-0.4, -0.2) is 58.8 Å². The topological polar surface area (TPSA) is 96.4 Å². The van der Waals surface area contributed by atoms with Crippen LogP contribution in [0.25, 0.3) is 0 Å². The van der Waals surface area contributed by atoms with Gasteiger partial charge in [0.1, 0.15) is 0 Å². The Morgan fingerprint density at radius 1 is 1.29 bits per heavy atom. The van der Waals surface area contributed by atoms with Gasteiger partial charge in [0, 0.05) is 6.54 Å². The second-order valence-electron chi connectivity index (χ2n) is 3.74. The lowest BCUT2D eigenvalue weighted by molar-refractivity contribution is 0.249. The highest BCUT2D eigenvalue weighted by atomic mass is 16.2. The zero-order valence-corrected chi connectivity index (χ0v) is 12.0. The van der Waals surface area contributed by atoms with E-state index in [0.29, 0.717) is 6.54 Å². The number of nitrogens with two attached hydrogens (primary N) is 2. The lowest BCUT2D eigenvalue weighted by Gasteiger charge is -2.05. The van der Waals surface area contributed by atoms with Crippen LogP contribution in [0.15, 0.2) is 0 Å². The minimum atomic E-state index is -0.443. The van der Waals surface area contributed by atoms with Crippen LogP contribution >= 0.6 is 0 Å². The number of primary amides is 1. The standard InChI is InChI=1S/C5H14N2.C4H10N2O.C2H7N/c1-7(2)5-3-4-6;1-2-3-6-4(5)7;1-3-2/h3-6H2,1-2H3;2-3H2,1H3,(H3,5,6,7);3H,1-2H3. The summed E-state index contributed by atoms with van der Waals surface area (Å²) in [7, 11) is 7.85. The van der Waals surface area contributed by atoms with Crippen molar-refractivity contribution in [2.75, 3.05) is 47.8 Å². The maximum absolute atomic E-state index is 9.87. The molecular formula is C11H31N5O. The van der Waals surface area contributed by atoms with Crippen molar-refractivity contribution < 1.29 is 4.79 Å². The van der Waals surface area contributed by atoms with E-state index in [2.05, 4.69) is 29.6 Å². The van der Waals surface area contributed by atoms with Crippen LogP contribution < -0.4 is 22.1 Å². The molecular weight excluding hydrogens is 218 g/mol. The number of nitrogens with zero attached hydrogens (tertiary/aromatic N) is 1. The Labute approximate surface area is 106 Å². The summed E-state index contributed by atoms with van der Waals surface area (Å²) in [5, 5.41) is 5.18. The summed E-state index contributed by atoms with van der Waals surface area (Å²) in [5.41, 5.74) is 9.98. The summed E-state index contributed by atoms with van der Waals surface area (Å²) in [6.45, 7) is 4.56. The van der Waals surface area contributed by atoms with Crippen molar-refractivity contribution in [3.05, 3.63) is 0 Å². The van der Waals surface area contributed by atoms with Crippen LogP contribution in [-0.2, 0) is 0 Å². The average molecular weight is 249 g/mol. The van der Waals surface area contributed by atoms with Crippen LogP contribution in [0.3, 0.4) is 0 Å². The van der Waals surface area contributed by atoms with E-state index in [1.807, 2.05) is 21.0 Å². The first-order valence-electron chi connectivity index (χ1n) is 5.92. The summed E-state index contributed by atoms with van der Waals surface area (Å²) in [4.78, 5) is 12.0. The molecule has 6 nitrogen and oxygen atoms in total. The van der Waals surface area contributed by atoms with Crippen molar-refractivity contribution in [3.63, 3.8) is 0 Å². The Morgan fingerprint density at radius 2 is 1.76 bits per heavy atom. The Bertz CT molecular complexity index is 142. The van der Waals surface area contributed by atoms with Gasteiger partial charge in [0.15, 0.2) is 0 Å². The van der Waals surface area contributed by atoms with Crippen molar-refractivity contribution in [2.45, 2.75) is 19.8 Å². The average Bonchev–Trinajstić information content (AvgIpc) is 2.25. The summed E-state index contributed by atoms with van der Waals surface area (Å²) >= 11 is 0. The molecule has 0 saturated heterocycles. The zero-order valence-electron chi connectivity index (χ0n) is 12.0. The first-order valence-corrected chi connectivity index (χ1v) is 5.92. The molecule has 0 aromatic rings. The maximum atomic E-state index is 9.87. The molecule has 106 valence electrons. The first-order chi connectivity index (χ1) is 7.95. The van der Waals surface area contributed by atoms with Gasteiger partial charge in [-0.05, 0) is 54.1 Å². The third-order valence-corrected chi connectivity index (χ3v) is 1.36. The van der Waals surface area contributed by atoms with Crippen molar-refractivity contribution in [1.29, 1.82) is 0 Å². The Hall–Kier alpha value is -0.850. The lowest BCUT2D eigenvalue weighted by atomic mass is 10.4. The van der Waals surface area contributed by atoms with Gasteiger partial charge in [-0.3, -0.25) is 0 Å². The number of rotatable bonds is 5. The molecule has 2 amide bonds. The van der Waals surface area contributed by atoms with Crippen LogP contribution in [0.1, 0.15) is 19.8 Å². The molecule has 0 aliphatic rings. The highest BCUT2D eigenvalue weighted by molar-refractivity contribution is 5.71. The normalized spacial score (nSPS) is 8.65. The molecule has 0 bridgehead atoms. The van der Waals surface area contributed by atoms with Gasteiger partial charge < -0.3 is 27.0 Å². The number of nitrogens with one attached hydrogen (secondary N) is 2. The summed E-state index contributed by atoms with van der Waals surface area (Å²) in [6, 6.07) is -0.443. The largest absolute Gasteiger partial charge is 0.352 e. The van der Waals surface area contributed by atoms with Gasteiger partial charge >= 0.3 is 6.03 Å². The number of amides is 2. The van der Waals surface area contributed by atoms with Gasteiger partial charge in [0.25, 0.3) is 0 Å². The Kier molecular flexibility index (Phi) is 25.9. The van der Waals surface area contributed by atoms with Gasteiger partial charge in [-0.2, -0.15) is 0 Å². The number of carbonyl (C=O) groups excluding carboxylic acids is 1. The van der Waals surface area contributed by atoms with Gasteiger partial charge in [-0.15, -0.1) is 0 Å². The molecule has 0 unspecified atom stereocenters. The molecule has 6 heteroatoms. The number of hydrogen-bond donors (Lipinski definition) is 4.